The van der Waals surface area contributed by atoms with Crippen molar-refractivity contribution in [2.75, 3.05) is 0 Å². The van der Waals surface area contributed by atoms with E-state index in [0.29, 0.717) is 5.92 Å². The van der Waals surface area contributed by atoms with Crippen LogP contribution in [-0.4, -0.2) is 12.1 Å². The molecule has 0 saturated heterocycles. The van der Waals surface area contributed by atoms with Gasteiger partial charge in [-0.25, -0.2) is 9.79 Å². The van der Waals surface area contributed by atoms with Crippen molar-refractivity contribution in [1.29, 1.82) is 0 Å². The molecule has 0 heterocycles. The van der Waals surface area contributed by atoms with Gasteiger partial charge in [0.25, 0.3) is 0 Å². The molecule has 0 N–H and O–H groups in total. The lowest BCUT2D eigenvalue weighted by Gasteiger charge is -1.89. The average molecular weight is 185 g/mol. The molecule has 2 nitrogen and oxygen atoms in total. The second-order valence-corrected chi connectivity index (χ2v) is 3.46. The van der Waals surface area contributed by atoms with Gasteiger partial charge in [0, 0.05) is 5.92 Å². The third-order valence-electron chi connectivity index (χ3n) is 2.36. The monoisotopic (exact) mass is 185 g/mol. The first kappa shape index (κ1) is 8.92. The van der Waals surface area contributed by atoms with Crippen LogP contribution in [0.2, 0.25) is 0 Å². The average Bonchev–Trinajstić information content (AvgIpc) is 2.96. The Kier molecular flexibility index (Phi) is 2.57. The highest BCUT2D eigenvalue weighted by Crippen LogP contribution is 2.35. The van der Waals surface area contributed by atoms with Gasteiger partial charge < -0.3 is 0 Å². The summed E-state index contributed by atoms with van der Waals surface area (Å²) in [4.78, 5) is 13.6. The maximum absolute atomic E-state index is 9.96. The zero-order chi connectivity index (χ0) is 9.80. The lowest BCUT2D eigenvalue weighted by molar-refractivity contribution is 0.562. The van der Waals surface area contributed by atoms with Crippen LogP contribution in [0.4, 0.5) is 0 Å². The van der Waals surface area contributed by atoms with E-state index in [2.05, 4.69) is 29.3 Å². The van der Waals surface area contributed by atoms with E-state index >= 15 is 0 Å². The minimum absolute atomic E-state index is 0.187. The van der Waals surface area contributed by atoms with Gasteiger partial charge in [-0.1, -0.05) is 42.5 Å². The maximum atomic E-state index is 9.96. The Labute approximate surface area is 83.0 Å². The minimum atomic E-state index is 0.187. The van der Waals surface area contributed by atoms with Gasteiger partial charge in [0.05, 0.1) is 6.04 Å². The van der Waals surface area contributed by atoms with E-state index in [4.69, 9.17) is 0 Å². The normalized spacial score (nSPS) is 24.6. The van der Waals surface area contributed by atoms with Crippen LogP contribution in [0, 0.1) is 5.92 Å². The quantitative estimate of drug-likeness (QED) is 0.525. The molecule has 0 aliphatic heterocycles. The smallest absolute Gasteiger partial charge is 0.211 e. The van der Waals surface area contributed by atoms with Crippen molar-refractivity contribution in [2.24, 2.45) is 10.9 Å². The molecule has 1 aromatic rings. The molecule has 0 amide bonds. The summed E-state index contributed by atoms with van der Waals surface area (Å²) in [6.07, 6.45) is 6.77. The van der Waals surface area contributed by atoms with Crippen molar-refractivity contribution in [3.8, 4) is 0 Å². The molecule has 0 bridgehead atoms. The molecule has 1 aliphatic carbocycles. The van der Waals surface area contributed by atoms with Gasteiger partial charge in [0.15, 0.2) is 0 Å². The fourth-order valence-electron chi connectivity index (χ4n) is 1.42. The van der Waals surface area contributed by atoms with E-state index in [1.165, 1.54) is 5.56 Å². The summed E-state index contributed by atoms with van der Waals surface area (Å²) in [5.74, 6) is 0.441. The van der Waals surface area contributed by atoms with Crippen molar-refractivity contribution in [1.82, 2.24) is 0 Å². The van der Waals surface area contributed by atoms with E-state index in [0.717, 1.165) is 6.42 Å². The summed E-state index contributed by atoms with van der Waals surface area (Å²) < 4.78 is 0. The van der Waals surface area contributed by atoms with Crippen molar-refractivity contribution >= 4 is 12.2 Å². The summed E-state index contributed by atoms with van der Waals surface area (Å²) in [6.45, 7) is 0. The Morgan fingerprint density at radius 1 is 1.36 bits per heavy atom. The van der Waals surface area contributed by atoms with Crippen molar-refractivity contribution in [3.05, 3.63) is 42.0 Å². The van der Waals surface area contributed by atoms with E-state index in [1.54, 1.807) is 6.08 Å². The first-order chi connectivity index (χ1) is 6.90. The van der Waals surface area contributed by atoms with Gasteiger partial charge in [-0.05, 0) is 12.0 Å². The second kappa shape index (κ2) is 4.03. The van der Waals surface area contributed by atoms with Crippen LogP contribution in [0.3, 0.4) is 0 Å². The standard InChI is InChI=1S/C12H11NO/c14-9-13-12-8-11(12)7-6-10-4-2-1-3-5-10/h1-7,11-12H,8H2/b7-6+. The molecule has 1 aliphatic rings. The Morgan fingerprint density at radius 3 is 2.86 bits per heavy atom. The Morgan fingerprint density at radius 2 is 2.14 bits per heavy atom. The molecule has 14 heavy (non-hydrogen) atoms. The number of isocyanates is 1. The van der Waals surface area contributed by atoms with Gasteiger partial charge in [0.1, 0.15) is 0 Å². The van der Waals surface area contributed by atoms with E-state index in [9.17, 15) is 4.79 Å². The molecule has 2 unspecified atom stereocenters. The summed E-state index contributed by atoms with van der Waals surface area (Å²) in [5.41, 5.74) is 1.19. The first-order valence-corrected chi connectivity index (χ1v) is 4.70. The van der Waals surface area contributed by atoms with Crippen LogP contribution in [0.25, 0.3) is 6.08 Å². The molecule has 0 spiro atoms. The molecule has 1 fully saturated rings. The molecule has 1 aromatic carbocycles. The summed E-state index contributed by atoms with van der Waals surface area (Å²) in [6, 6.07) is 10.3. The fourth-order valence-corrected chi connectivity index (χ4v) is 1.42. The highest BCUT2D eigenvalue weighted by Gasteiger charge is 2.34. The molecular weight excluding hydrogens is 174 g/mol. The number of benzene rings is 1. The van der Waals surface area contributed by atoms with Gasteiger partial charge in [-0.2, -0.15) is 0 Å². The minimum Gasteiger partial charge on any atom is -0.211 e. The fraction of sp³-hybridized carbons (Fsp3) is 0.250. The van der Waals surface area contributed by atoms with Gasteiger partial charge >= 0.3 is 0 Å². The molecular formula is C12H11NO. The van der Waals surface area contributed by atoms with Crippen molar-refractivity contribution in [3.63, 3.8) is 0 Å². The van der Waals surface area contributed by atoms with E-state index in [-0.39, 0.29) is 6.04 Å². The number of carbonyl (C=O) groups excluding carboxylic acids is 1. The topological polar surface area (TPSA) is 29.4 Å². The molecule has 1 saturated carbocycles. The maximum Gasteiger partial charge on any atom is 0.235 e. The Hall–Kier alpha value is -1.66. The number of nitrogens with zero attached hydrogens (tertiary/aromatic N) is 1. The van der Waals surface area contributed by atoms with Gasteiger partial charge in [0.2, 0.25) is 6.08 Å². The molecule has 70 valence electrons. The first-order valence-electron chi connectivity index (χ1n) is 4.70. The van der Waals surface area contributed by atoms with Crippen molar-refractivity contribution in [2.45, 2.75) is 12.5 Å². The third-order valence-corrected chi connectivity index (χ3v) is 2.36. The Balaban J connectivity index is 1.94. The zero-order valence-electron chi connectivity index (χ0n) is 7.76. The van der Waals surface area contributed by atoms with Crippen LogP contribution < -0.4 is 0 Å². The van der Waals surface area contributed by atoms with E-state index in [1.807, 2.05) is 18.2 Å². The Bertz CT molecular complexity index is 377. The predicted octanol–water partition coefficient (Wildman–Crippen LogP) is 2.42. The van der Waals surface area contributed by atoms with Crippen LogP contribution in [-0.2, 0) is 4.79 Å². The second-order valence-electron chi connectivity index (χ2n) is 3.46. The number of hydrogen-bond acceptors (Lipinski definition) is 2. The van der Waals surface area contributed by atoms with Crippen LogP contribution in [0.1, 0.15) is 12.0 Å². The van der Waals surface area contributed by atoms with E-state index < -0.39 is 0 Å². The highest BCUT2D eigenvalue weighted by atomic mass is 16.1. The number of rotatable bonds is 3. The number of aliphatic imine (C=N–C) groups is 1. The van der Waals surface area contributed by atoms with Gasteiger partial charge in [-0.3, -0.25) is 0 Å². The molecule has 2 rings (SSSR count). The molecule has 2 heteroatoms. The molecule has 0 aromatic heterocycles. The summed E-state index contributed by atoms with van der Waals surface area (Å²) in [7, 11) is 0. The molecule has 2 atom stereocenters. The van der Waals surface area contributed by atoms with Crippen molar-refractivity contribution < 1.29 is 4.79 Å². The summed E-state index contributed by atoms with van der Waals surface area (Å²) in [5, 5.41) is 0. The summed E-state index contributed by atoms with van der Waals surface area (Å²) >= 11 is 0. The van der Waals surface area contributed by atoms with Crippen LogP contribution in [0.5, 0.6) is 0 Å². The zero-order valence-corrected chi connectivity index (χ0v) is 7.76. The highest BCUT2D eigenvalue weighted by molar-refractivity contribution is 5.50. The molecule has 0 radical (unpaired) electrons. The van der Waals surface area contributed by atoms with Crippen LogP contribution in [0.15, 0.2) is 41.4 Å². The van der Waals surface area contributed by atoms with Gasteiger partial charge in [-0.15, -0.1) is 0 Å². The SMILES string of the molecule is O=C=NC1CC1/C=C/c1ccccc1. The van der Waals surface area contributed by atoms with Crippen LogP contribution >= 0.6 is 0 Å². The number of hydrogen-bond donors (Lipinski definition) is 0. The lowest BCUT2D eigenvalue weighted by atomic mass is 10.2. The lowest BCUT2D eigenvalue weighted by Crippen LogP contribution is -1.78. The predicted molar refractivity (Wildman–Crippen MR) is 55.5 cm³/mol. The third kappa shape index (κ3) is 2.18. The largest absolute Gasteiger partial charge is 0.235 e.